The molecule has 0 saturated carbocycles. The van der Waals surface area contributed by atoms with Crippen molar-refractivity contribution < 1.29 is 26.7 Å². The monoisotopic (exact) mass is 620 g/mol. The molecule has 0 aliphatic rings. The maximum Gasteiger partial charge on any atom is 0.273 e. The fourth-order valence-corrected chi connectivity index (χ4v) is 5.55. The summed E-state index contributed by atoms with van der Waals surface area (Å²) < 4.78 is 70.1. The van der Waals surface area contributed by atoms with E-state index in [1.165, 1.54) is 44.3 Å². The maximum atomic E-state index is 15.7. The molecule has 1 N–H and O–H groups in total. The number of nitrogens with zero attached hydrogens (tertiary/aromatic N) is 2. The summed E-state index contributed by atoms with van der Waals surface area (Å²) in [5, 5.41) is 10.1. The minimum Gasteiger partial charge on any atom is -0.386 e. The van der Waals surface area contributed by atoms with Crippen molar-refractivity contribution in [2.45, 2.75) is 57.5 Å². The van der Waals surface area contributed by atoms with Crippen LogP contribution in [0.2, 0.25) is 5.02 Å². The molecule has 1 heterocycles. The van der Waals surface area contributed by atoms with Gasteiger partial charge in [0.15, 0.2) is 21.5 Å². The van der Waals surface area contributed by atoms with Gasteiger partial charge < -0.3 is 5.11 Å². The van der Waals surface area contributed by atoms with Gasteiger partial charge in [0.1, 0.15) is 21.4 Å². The lowest BCUT2D eigenvalue weighted by atomic mass is 9.90. The number of allylic oxidation sites excluding steroid dienone is 2. The highest BCUT2D eigenvalue weighted by Crippen LogP contribution is 2.30. The van der Waals surface area contributed by atoms with Gasteiger partial charge in [0.05, 0.1) is 11.8 Å². The third-order valence-electron chi connectivity index (χ3n) is 6.61. The fourth-order valence-electron chi connectivity index (χ4n) is 4.46. The van der Waals surface area contributed by atoms with Crippen molar-refractivity contribution in [3.63, 3.8) is 0 Å². The van der Waals surface area contributed by atoms with Crippen molar-refractivity contribution in [2.75, 3.05) is 6.26 Å². The number of benzene rings is 2. The summed E-state index contributed by atoms with van der Waals surface area (Å²) in [6, 6.07) is 9.56. The van der Waals surface area contributed by atoms with Gasteiger partial charge in [-0.1, -0.05) is 36.7 Å². The van der Waals surface area contributed by atoms with Crippen LogP contribution >= 0.6 is 11.6 Å². The van der Waals surface area contributed by atoms with Crippen molar-refractivity contribution in [3.05, 3.63) is 116 Å². The zero-order valence-electron chi connectivity index (χ0n) is 24.0. The smallest absolute Gasteiger partial charge is 0.273 e. The highest BCUT2D eigenvalue weighted by molar-refractivity contribution is 7.90. The average Bonchev–Trinajstić information content (AvgIpc) is 2.89. The van der Waals surface area contributed by atoms with Crippen molar-refractivity contribution in [3.8, 4) is 0 Å². The molecule has 42 heavy (non-hydrogen) atoms. The molecule has 0 radical (unpaired) electrons. The zero-order chi connectivity index (χ0) is 31.6. The Morgan fingerprint density at radius 2 is 1.86 bits per heavy atom. The number of sulfone groups is 1. The molecule has 0 amide bonds. The van der Waals surface area contributed by atoms with E-state index in [0.717, 1.165) is 23.1 Å². The molecule has 0 saturated heterocycles. The molecule has 0 spiro atoms. The van der Waals surface area contributed by atoms with Crippen LogP contribution in [0.25, 0.3) is 6.20 Å². The Labute approximate surface area is 248 Å². The van der Waals surface area contributed by atoms with Crippen LogP contribution in [0.4, 0.5) is 13.2 Å². The predicted molar refractivity (Wildman–Crippen MR) is 160 cm³/mol. The second-order valence-corrected chi connectivity index (χ2v) is 12.9. The maximum absolute atomic E-state index is 15.7. The van der Waals surface area contributed by atoms with Gasteiger partial charge in [-0.2, -0.15) is 0 Å². The van der Waals surface area contributed by atoms with Gasteiger partial charge in [0.25, 0.3) is 5.56 Å². The normalized spacial score (nSPS) is 14.1. The first-order valence-electron chi connectivity index (χ1n) is 13.0. The van der Waals surface area contributed by atoms with Gasteiger partial charge in [0, 0.05) is 29.3 Å². The van der Waals surface area contributed by atoms with Crippen molar-refractivity contribution in [1.82, 2.24) is 4.57 Å². The molecule has 0 aliphatic carbocycles. The number of aryl methyl sites for hydroxylation is 1. The van der Waals surface area contributed by atoms with E-state index in [2.05, 4.69) is 4.99 Å². The zero-order valence-corrected chi connectivity index (χ0v) is 25.6. The first-order chi connectivity index (χ1) is 19.5. The van der Waals surface area contributed by atoms with Gasteiger partial charge in [-0.3, -0.25) is 14.4 Å². The van der Waals surface area contributed by atoms with E-state index in [1.54, 1.807) is 32.0 Å². The van der Waals surface area contributed by atoms with Crippen LogP contribution in [0.15, 0.2) is 75.2 Å². The number of aromatic nitrogens is 1. The van der Waals surface area contributed by atoms with E-state index < -0.39 is 54.6 Å². The molecule has 11 heteroatoms. The SMILES string of the molecule is C/C=C/N=C(/C(F)=C/n1c(C)cc(C(C)Cc2ccc(F)c(C(C)(C)O)c2)c(Cl)c1=O)c1cccc(S(C)(=O)=O)c1F. The first-order valence-corrected chi connectivity index (χ1v) is 15.2. The Balaban J connectivity index is 2.06. The van der Waals surface area contributed by atoms with Crippen LogP contribution in [0.1, 0.15) is 61.6 Å². The molecule has 1 unspecified atom stereocenters. The Kier molecular flexibility index (Phi) is 10.1. The largest absolute Gasteiger partial charge is 0.386 e. The van der Waals surface area contributed by atoms with E-state index in [4.69, 9.17) is 11.6 Å². The van der Waals surface area contributed by atoms with Gasteiger partial charge in [-0.05, 0) is 81.5 Å². The topological polar surface area (TPSA) is 88.7 Å². The van der Waals surface area contributed by atoms with E-state index in [1.807, 2.05) is 6.92 Å². The highest BCUT2D eigenvalue weighted by atomic mass is 35.5. The third-order valence-corrected chi connectivity index (χ3v) is 8.10. The molecule has 224 valence electrons. The van der Waals surface area contributed by atoms with E-state index in [-0.39, 0.29) is 16.5 Å². The summed E-state index contributed by atoms with van der Waals surface area (Å²) in [5.74, 6) is -3.13. The van der Waals surface area contributed by atoms with Gasteiger partial charge in [0.2, 0.25) is 0 Å². The summed E-state index contributed by atoms with van der Waals surface area (Å²) >= 11 is 6.47. The average molecular weight is 621 g/mol. The van der Waals surface area contributed by atoms with E-state index >= 15 is 8.78 Å². The van der Waals surface area contributed by atoms with Crippen molar-refractivity contribution >= 4 is 33.3 Å². The van der Waals surface area contributed by atoms with E-state index in [0.29, 0.717) is 23.2 Å². The minimum atomic E-state index is -3.95. The molecular weight excluding hydrogens is 589 g/mol. The Hall–Kier alpha value is -3.47. The Morgan fingerprint density at radius 1 is 1.19 bits per heavy atom. The molecule has 0 aliphatic heterocycles. The number of halogens is 4. The molecule has 3 aromatic rings. The second kappa shape index (κ2) is 12.8. The molecule has 6 nitrogen and oxygen atoms in total. The molecular formula is C31H32ClF3N2O4S. The molecule has 0 bridgehead atoms. The number of hydrogen-bond acceptors (Lipinski definition) is 5. The molecule has 1 aromatic heterocycles. The van der Waals surface area contributed by atoms with Crippen LogP contribution in [0, 0.1) is 18.6 Å². The van der Waals surface area contributed by atoms with Crippen LogP contribution in [0.3, 0.4) is 0 Å². The summed E-state index contributed by atoms with van der Waals surface area (Å²) in [7, 11) is -3.95. The lowest BCUT2D eigenvalue weighted by Crippen LogP contribution is -2.22. The molecule has 1 atom stereocenters. The summed E-state index contributed by atoms with van der Waals surface area (Å²) in [6.45, 7) is 7.97. The quantitative estimate of drug-likeness (QED) is 0.265. The van der Waals surface area contributed by atoms with Crippen LogP contribution < -0.4 is 5.56 Å². The minimum absolute atomic E-state index is 0.138. The lowest BCUT2D eigenvalue weighted by molar-refractivity contribution is 0.0744. The highest BCUT2D eigenvalue weighted by Gasteiger charge is 2.24. The van der Waals surface area contributed by atoms with Crippen LogP contribution in [-0.4, -0.2) is 30.1 Å². The number of aliphatic hydroxyl groups is 1. The Bertz CT molecular complexity index is 1770. The van der Waals surface area contributed by atoms with Gasteiger partial charge in [-0.25, -0.2) is 21.6 Å². The van der Waals surface area contributed by atoms with Gasteiger partial charge in [-0.15, -0.1) is 0 Å². The van der Waals surface area contributed by atoms with Crippen LogP contribution in [-0.2, 0) is 21.9 Å². The molecule has 0 fully saturated rings. The Morgan fingerprint density at radius 3 is 2.45 bits per heavy atom. The molecule has 2 aromatic carbocycles. The van der Waals surface area contributed by atoms with Crippen LogP contribution in [0.5, 0.6) is 0 Å². The standard InChI is InChI=1S/C31H32ClF3N2O4S/c1-7-13-36-29(21-9-8-10-26(28(21)35)42(6,40)41)25(34)17-37-19(3)15-22(27(32)30(37)38)18(2)14-20-11-12-24(33)23(16-20)31(4,5)39/h7-13,15-18,39H,14H2,1-6H3/b13-7+,25-17-,36-29+. The predicted octanol–water partition coefficient (Wildman–Crippen LogP) is 6.86. The number of rotatable bonds is 9. The lowest BCUT2D eigenvalue weighted by Gasteiger charge is -2.21. The summed E-state index contributed by atoms with van der Waals surface area (Å²) in [4.78, 5) is 16.6. The first kappa shape index (κ1) is 33.0. The van der Waals surface area contributed by atoms with Gasteiger partial charge >= 0.3 is 0 Å². The van der Waals surface area contributed by atoms with Crippen molar-refractivity contribution in [1.29, 1.82) is 0 Å². The fraction of sp³-hybridized carbons (Fsp3) is 0.290. The summed E-state index contributed by atoms with van der Waals surface area (Å²) in [6.07, 6.45) is 4.71. The third kappa shape index (κ3) is 7.29. The molecule has 3 rings (SSSR count). The van der Waals surface area contributed by atoms with E-state index in [9.17, 15) is 22.7 Å². The number of aliphatic imine (C=N–C) groups is 1. The number of hydrogen-bond donors (Lipinski definition) is 1. The second-order valence-electron chi connectivity index (χ2n) is 10.5. The van der Waals surface area contributed by atoms with Crippen molar-refractivity contribution in [2.24, 2.45) is 4.99 Å². The summed E-state index contributed by atoms with van der Waals surface area (Å²) in [5.41, 5.74) is -1.40. The number of pyridine rings is 1.